The summed E-state index contributed by atoms with van der Waals surface area (Å²) in [6.45, 7) is 12.3. The van der Waals surface area contributed by atoms with Crippen LogP contribution in [-0.4, -0.2) is 50.5 Å². The van der Waals surface area contributed by atoms with Gasteiger partial charge in [0.2, 0.25) is 5.00 Å². The molecule has 3 aromatic rings. The molecule has 0 bridgehead atoms. The number of hydrogen-bond acceptors (Lipinski definition) is 7. The Bertz CT molecular complexity index is 1050. The molecule has 1 aliphatic heterocycles. The molecule has 0 N–H and O–H groups in total. The summed E-state index contributed by atoms with van der Waals surface area (Å²) in [6.07, 6.45) is 0. The highest BCUT2D eigenvalue weighted by atomic mass is 32.1. The van der Waals surface area contributed by atoms with Gasteiger partial charge in [0.15, 0.2) is 5.82 Å². The Kier molecular flexibility index (Phi) is 5.03. The third-order valence-corrected chi connectivity index (χ3v) is 5.85. The van der Waals surface area contributed by atoms with Crippen molar-refractivity contribution in [1.29, 1.82) is 0 Å². The first-order valence-electron chi connectivity index (χ1n) is 8.89. The van der Waals surface area contributed by atoms with Gasteiger partial charge in [-0.3, -0.25) is 0 Å². The van der Waals surface area contributed by atoms with Crippen LogP contribution in [-0.2, 0) is 4.74 Å². The van der Waals surface area contributed by atoms with Gasteiger partial charge in [-0.2, -0.15) is 0 Å². The minimum absolute atomic E-state index is 0.587. The van der Waals surface area contributed by atoms with Crippen LogP contribution >= 0.6 is 11.3 Å². The summed E-state index contributed by atoms with van der Waals surface area (Å²) in [5, 5.41) is 1.61. The first-order valence-corrected chi connectivity index (χ1v) is 9.71. The normalized spacial score (nSPS) is 14.1. The van der Waals surface area contributed by atoms with Crippen LogP contribution in [0.5, 0.6) is 11.5 Å². The molecule has 0 atom stereocenters. The fourth-order valence-corrected chi connectivity index (χ4v) is 4.24. The van der Waals surface area contributed by atoms with Gasteiger partial charge in [0, 0.05) is 30.1 Å². The second kappa shape index (κ2) is 7.62. The zero-order valence-electron chi connectivity index (χ0n) is 16.0. The van der Waals surface area contributed by atoms with Crippen LogP contribution in [0.3, 0.4) is 0 Å². The number of aryl methyl sites for hydroxylation is 1. The van der Waals surface area contributed by atoms with E-state index in [0.29, 0.717) is 35.5 Å². The fourth-order valence-electron chi connectivity index (χ4n) is 3.28. The van der Waals surface area contributed by atoms with E-state index in [2.05, 4.69) is 9.74 Å². The fraction of sp³-hybridized carbons (Fsp3) is 0.350. The third kappa shape index (κ3) is 3.23. The molecule has 3 heterocycles. The Balaban J connectivity index is 1.94. The van der Waals surface area contributed by atoms with Crippen LogP contribution in [0.15, 0.2) is 18.2 Å². The van der Waals surface area contributed by atoms with E-state index >= 15 is 0 Å². The number of ether oxygens (including phenoxy) is 3. The summed E-state index contributed by atoms with van der Waals surface area (Å²) >= 11 is 1.41. The average molecular weight is 396 g/mol. The van der Waals surface area contributed by atoms with E-state index in [0.717, 1.165) is 40.3 Å². The van der Waals surface area contributed by atoms with E-state index in [4.69, 9.17) is 30.8 Å². The van der Waals surface area contributed by atoms with Gasteiger partial charge < -0.3 is 19.1 Å². The molecule has 2 aromatic heterocycles. The molecule has 0 saturated carbocycles. The van der Waals surface area contributed by atoms with Crippen molar-refractivity contribution < 1.29 is 14.2 Å². The lowest BCUT2D eigenvalue weighted by molar-refractivity contribution is 0.122. The Morgan fingerprint density at radius 3 is 2.39 bits per heavy atom. The molecule has 1 aromatic carbocycles. The summed E-state index contributed by atoms with van der Waals surface area (Å²) in [7, 11) is 3.23. The van der Waals surface area contributed by atoms with E-state index in [1.165, 1.54) is 11.3 Å². The highest BCUT2D eigenvalue weighted by Crippen LogP contribution is 2.42. The zero-order valence-corrected chi connectivity index (χ0v) is 16.8. The van der Waals surface area contributed by atoms with Gasteiger partial charge in [-0.25, -0.2) is 14.8 Å². The minimum Gasteiger partial charge on any atom is -0.497 e. The quantitative estimate of drug-likeness (QED) is 0.620. The van der Waals surface area contributed by atoms with Gasteiger partial charge in [0.25, 0.3) is 0 Å². The van der Waals surface area contributed by atoms with Gasteiger partial charge >= 0.3 is 0 Å². The van der Waals surface area contributed by atoms with Gasteiger partial charge in [-0.15, -0.1) is 11.3 Å². The lowest BCUT2D eigenvalue weighted by atomic mass is 10.1. The summed E-state index contributed by atoms with van der Waals surface area (Å²) in [5.41, 5.74) is 1.74. The van der Waals surface area contributed by atoms with Gasteiger partial charge in [0.1, 0.15) is 22.1 Å². The van der Waals surface area contributed by atoms with Gasteiger partial charge in [0.05, 0.1) is 34.0 Å². The smallest absolute Gasteiger partial charge is 0.246 e. The van der Waals surface area contributed by atoms with Crippen molar-refractivity contribution in [3.63, 3.8) is 0 Å². The van der Waals surface area contributed by atoms with Crippen molar-refractivity contribution in [2.24, 2.45) is 0 Å². The highest BCUT2D eigenvalue weighted by molar-refractivity contribution is 7.22. The molecule has 8 heteroatoms. The Hall–Kier alpha value is -2.89. The second-order valence-corrected chi connectivity index (χ2v) is 7.37. The van der Waals surface area contributed by atoms with Crippen LogP contribution in [0.2, 0.25) is 0 Å². The van der Waals surface area contributed by atoms with Crippen molar-refractivity contribution in [2.45, 2.75) is 6.92 Å². The molecule has 28 heavy (non-hydrogen) atoms. The van der Waals surface area contributed by atoms with Crippen LogP contribution in [0.4, 0.5) is 10.8 Å². The monoisotopic (exact) mass is 396 g/mol. The number of rotatable bonds is 4. The van der Waals surface area contributed by atoms with E-state index in [1.807, 2.05) is 25.1 Å². The van der Waals surface area contributed by atoms with E-state index in [1.54, 1.807) is 14.2 Å². The standard InChI is InChI=1S/C20H20N4O3S/c1-12-16-18(24-5-7-27-8-6-24)22-17(23-20(16)28-19(12)21-2)13-9-14(25-3)11-15(10-13)26-4/h9-11H,5-8H2,1,3-4H3. The van der Waals surface area contributed by atoms with Crippen molar-refractivity contribution >= 4 is 32.4 Å². The maximum atomic E-state index is 7.48. The molecule has 1 saturated heterocycles. The van der Waals surface area contributed by atoms with Crippen LogP contribution in [0.25, 0.3) is 26.4 Å². The lowest BCUT2D eigenvalue weighted by Gasteiger charge is -2.28. The number of fused-ring (bicyclic) bond motifs is 1. The predicted octanol–water partition coefficient (Wildman–Crippen LogP) is 4.07. The molecule has 7 nitrogen and oxygen atoms in total. The van der Waals surface area contributed by atoms with Crippen molar-refractivity contribution in [3.8, 4) is 22.9 Å². The van der Waals surface area contributed by atoms with Crippen LogP contribution in [0.1, 0.15) is 5.56 Å². The summed E-state index contributed by atoms with van der Waals surface area (Å²) in [5.74, 6) is 2.79. The number of methoxy groups -OCH3 is 2. The van der Waals surface area contributed by atoms with Crippen molar-refractivity contribution in [1.82, 2.24) is 9.97 Å². The molecule has 1 fully saturated rings. The molecular formula is C20H20N4O3S. The highest BCUT2D eigenvalue weighted by Gasteiger charge is 2.22. The van der Waals surface area contributed by atoms with E-state index in [-0.39, 0.29) is 0 Å². The number of aromatic nitrogens is 2. The summed E-state index contributed by atoms with van der Waals surface area (Å²) in [4.78, 5) is 16.4. The molecule has 0 spiro atoms. The molecule has 144 valence electrons. The molecule has 0 unspecified atom stereocenters. The maximum absolute atomic E-state index is 7.48. The molecular weight excluding hydrogens is 376 g/mol. The van der Waals surface area contributed by atoms with Crippen molar-refractivity contribution in [2.75, 3.05) is 45.4 Å². The topological polar surface area (TPSA) is 61.1 Å². The Morgan fingerprint density at radius 2 is 1.79 bits per heavy atom. The van der Waals surface area contributed by atoms with Crippen LogP contribution in [0, 0.1) is 13.5 Å². The third-order valence-electron chi connectivity index (χ3n) is 4.77. The van der Waals surface area contributed by atoms with E-state index in [9.17, 15) is 0 Å². The predicted molar refractivity (Wildman–Crippen MR) is 110 cm³/mol. The summed E-state index contributed by atoms with van der Waals surface area (Å²) < 4.78 is 16.3. The second-order valence-electron chi connectivity index (χ2n) is 6.40. The number of nitrogens with zero attached hydrogens (tertiary/aromatic N) is 4. The SMILES string of the molecule is [C-]#[N+]c1sc2nc(-c3cc(OC)cc(OC)c3)nc(N3CCOCC3)c2c1C. The number of hydrogen-bond donors (Lipinski definition) is 0. The zero-order chi connectivity index (χ0) is 19.7. The summed E-state index contributed by atoms with van der Waals surface area (Å²) in [6, 6.07) is 5.60. The van der Waals surface area contributed by atoms with Gasteiger partial charge in [-0.1, -0.05) is 0 Å². The molecule has 1 aliphatic rings. The van der Waals surface area contributed by atoms with Gasteiger partial charge in [-0.05, 0) is 24.6 Å². The molecule has 4 rings (SSSR count). The van der Waals surface area contributed by atoms with Crippen LogP contribution < -0.4 is 14.4 Å². The minimum atomic E-state index is 0.587. The largest absolute Gasteiger partial charge is 0.497 e. The van der Waals surface area contributed by atoms with Crippen molar-refractivity contribution in [3.05, 3.63) is 35.2 Å². The number of anilines is 1. The van der Waals surface area contributed by atoms with E-state index < -0.39 is 0 Å². The first kappa shape index (κ1) is 18.5. The Morgan fingerprint density at radius 1 is 1.11 bits per heavy atom. The number of thiophene rings is 1. The molecule has 0 radical (unpaired) electrons. The maximum Gasteiger partial charge on any atom is 0.246 e. The molecule has 0 aliphatic carbocycles. The molecule has 0 amide bonds. The lowest BCUT2D eigenvalue weighted by Crippen LogP contribution is -2.37. The number of benzene rings is 1. The first-order chi connectivity index (χ1) is 13.6. The Labute approximate surface area is 167 Å². The average Bonchev–Trinajstić information content (AvgIpc) is 3.09. The number of morpholine rings is 1.